The highest BCUT2D eigenvalue weighted by Gasteiger charge is 2.20. The Balaban J connectivity index is 2.11. The second-order valence-electron chi connectivity index (χ2n) is 2.89. The Bertz CT molecular complexity index is 237. The fourth-order valence-electron chi connectivity index (χ4n) is 1.28. The highest BCUT2D eigenvalue weighted by Crippen LogP contribution is 2.20. The lowest BCUT2D eigenvalue weighted by atomic mass is 10.0. The Morgan fingerprint density at radius 3 is 3.09 bits per heavy atom. The average molecular weight is 151 g/mol. The van der Waals surface area contributed by atoms with Crippen molar-refractivity contribution in [2.45, 2.75) is 25.9 Å². The third-order valence-electron chi connectivity index (χ3n) is 2.17. The van der Waals surface area contributed by atoms with Gasteiger partial charge in [0.2, 0.25) is 0 Å². The van der Waals surface area contributed by atoms with Gasteiger partial charge in [0.05, 0.1) is 11.7 Å². The van der Waals surface area contributed by atoms with Crippen LogP contribution in [0.15, 0.2) is 12.3 Å². The van der Waals surface area contributed by atoms with E-state index in [-0.39, 0.29) is 0 Å². The van der Waals surface area contributed by atoms with Crippen LogP contribution in [-0.2, 0) is 6.54 Å². The Morgan fingerprint density at radius 1 is 1.82 bits per heavy atom. The van der Waals surface area contributed by atoms with Gasteiger partial charge in [-0.15, -0.1) is 0 Å². The number of aromatic nitrogens is 2. The molecule has 60 valence electrons. The SMILES string of the molecule is CCn1ccc(C2CCN2)n1. The number of nitrogens with one attached hydrogen (secondary N) is 1. The van der Waals surface area contributed by atoms with Crippen molar-refractivity contribution in [3.63, 3.8) is 0 Å². The van der Waals surface area contributed by atoms with E-state index >= 15 is 0 Å². The summed E-state index contributed by atoms with van der Waals surface area (Å²) in [6, 6.07) is 2.63. The maximum atomic E-state index is 4.40. The molecule has 0 radical (unpaired) electrons. The molecule has 1 aliphatic rings. The normalized spacial score (nSPS) is 23.2. The lowest BCUT2D eigenvalue weighted by molar-refractivity contribution is 0.371. The quantitative estimate of drug-likeness (QED) is 0.681. The van der Waals surface area contributed by atoms with Crippen molar-refractivity contribution in [1.29, 1.82) is 0 Å². The number of hydrogen-bond acceptors (Lipinski definition) is 2. The van der Waals surface area contributed by atoms with Gasteiger partial charge in [-0.25, -0.2) is 0 Å². The van der Waals surface area contributed by atoms with Crippen molar-refractivity contribution < 1.29 is 0 Å². The molecular formula is C8H13N3. The van der Waals surface area contributed by atoms with Crippen LogP contribution >= 0.6 is 0 Å². The highest BCUT2D eigenvalue weighted by atomic mass is 15.3. The lowest BCUT2D eigenvalue weighted by Crippen LogP contribution is -2.35. The summed E-state index contributed by atoms with van der Waals surface area (Å²) in [7, 11) is 0. The molecule has 3 heteroatoms. The van der Waals surface area contributed by atoms with Gasteiger partial charge < -0.3 is 5.32 Å². The Morgan fingerprint density at radius 2 is 2.64 bits per heavy atom. The van der Waals surface area contributed by atoms with Crippen LogP contribution in [0.3, 0.4) is 0 Å². The summed E-state index contributed by atoms with van der Waals surface area (Å²) in [6.07, 6.45) is 3.27. The van der Waals surface area contributed by atoms with E-state index < -0.39 is 0 Å². The zero-order valence-electron chi connectivity index (χ0n) is 6.75. The van der Waals surface area contributed by atoms with Gasteiger partial charge in [0.1, 0.15) is 0 Å². The van der Waals surface area contributed by atoms with E-state index in [1.165, 1.54) is 12.1 Å². The predicted octanol–water partition coefficient (Wildman–Crippen LogP) is 0.937. The van der Waals surface area contributed by atoms with Crippen molar-refractivity contribution in [1.82, 2.24) is 15.1 Å². The molecule has 2 heterocycles. The van der Waals surface area contributed by atoms with E-state index in [2.05, 4.69) is 23.4 Å². The standard InChI is InChI=1S/C8H13N3/c1-2-11-6-4-8(10-11)7-3-5-9-7/h4,6-7,9H,2-3,5H2,1H3. The molecule has 11 heavy (non-hydrogen) atoms. The van der Waals surface area contributed by atoms with Crippen LogP contribution in [0, 0.1) is 0 Å². The van der Waals surface area contributed by atoms with Gasteiger partial charge >= 0.3 is 0 Å². The van der Waals surface area contributed by atoms with Crippen molar-refractivity contribution in [3.8, 4) is 0 Å². The maximum Gasteiger partial charge on any atom is 0.0794 e. The first-order valence-electron chi connectivity index (χ1n) is 4.17. The molecule has 0 amide bonds. The molecule has 1 atom stereocenters. The third-order valence-corrected chi connectivity index (χ3v) is 2.17. The smallest absolute Gasteiger partial charge is 0.0794 e. The van der Waals surface area contributed by atoms with Crippen molar-refractivity contribution in [2.24, 2.45) is 0 Å². The van der Waals surface area contributed by atoms with E-state index in [0.717, 1.165) is 13.1 Å². The fraction of sp³-hybridized carbons (Fsp3) is 0.625. The summed E-state index contributed by atoms with van der Waals surface area (Å²) in [5.41, 5.74) is 1.19. The summed E-state index contributed by atoms with van der Waals surface area (Å²) in [5, 5.41) is 7.73. The minimum Gasteiger partial charge on any atom is -0.308 e. The van der Waals surface area contributed by atoms with Crippen LogP contribution in [0.4, 0.5) is 0 Å². The Kier molecular flexibility index (Phi) is 1.66. The molecule has 1 N–H and O–H groups in total. The summed E-state index contributed by atoms with van der Waals surface area (Å²) in [5.74, 6) is 0. The molecule has 0 saturated carbocycles. The number of rotatable bonds is 2. The van der Waals surface area contributed by atoms with Crippen LogP contribution in [0.5, 0.6) is 0 Å². The van der Waals surface area contributed by atoms with Gasteiger partial charge in [0.15, 0.2) is 0 Å². The van der Waals surface area contributed by atoms with Gasteiger partial charge in [0, 0.05) is 12.7 Å². The van der Waals surface area contributed by atoms with Crippen molar-refractivity contribution in [2.75, 3.05) is 6.54 Å². The largest absolute Gasteiger partial charge is 0.308 e. The van der Waals surface area contributed by atoms with E-state index in [1.807, 2.05) is 10.9 Å². The number of hydrogen-bond donors (Lipinski definition) is 1. The molecule has 1 aromatic rings. The summed E-state index contributed by atoms with van der Waals surface area (Å²) < 4.78 is 1.97. The zero-order valence-corrected chi connectivity index (χ0v) is 6.75. The topological polar surface area (TPSA) is 29.9 Å². The minimum atomic E-state index is 0.530. The minimum absolute atomic E-state index is 0.530. The Hall–Kier alpha value is -0.830. The summed E-state index contributed by atoms with van der Waals surface area (Å²) >= 11 is 0. The molecular weight excluding hydrogens is 138 g/mol. The van der Waals surface area contributed by atoms with Gasteiger partial charge in [0.25, 0.3) is 0 Å². The third kappa shape index (κ3) is 1.16. The molecule has 0 spiro atoms. The fourth-order valence-corrected chi connectivity index (χ4v) is 1.28. The molecule has 2 rings (SSSR count). The van der Waals surface area contributed by atoms with Gasteiger partial charge in [-0.05, 0) is 26.0 Å². The van der Waals surface area contributed by atoms with Crippen molar-refractivity contribution >= 4 is 0 Å². The van der Waals surface area contributed by atoms with E-state index in [9.17, 15) is 0 Å². The van der Waals surface area contributed by atoms with Crippen LogP contribution < -0.4 is 5.32 Å². The van der Waals surface area contributed by atoms with E-state index in [1.54, 1.807) is 0 Å². The summed E-state index contributed by atoms with van der Waals surface area (Å²) in [4.78, 5) is 0. The van der Waals surface area contributed by atoms with Crippen LogP contribution in [0.1, 0.15) is 25.1 Å². The monoisotopic (exact) mass is 151 g/mol. The molecule has 0 aromatic carbocycles. The molecule has 1 aliphatic heterocycles. The lowest BCUT2D eigenvalue weighted by Gasteiger charge is -2.25. The predicted molar refractivity (Wildman–Crippen MR) is 43.3 cm³/mol. The Labute approximate surface area is 66.4 Å². The first-order valence-corrected chi connectivity index (χ1v) is 4.17. The van der Waals surface area contributed by atoms with Crippen LogP contribution in [0.25, 0.3) is 0 Å². The van der Waals surface area contributed by atoms with Crippen molar-refractivity contribution in [3.05, 3.63) is 18.0 Å². The zero-order chi connectivity index (χ0) is 7.68. The van der Waals surface area contributed by atoms with Crippen LogP contribution in [0.2, 0.25) is 0 Å². The second kappa shape index (κ2) is 2.66. The van der Waals surface area contributed by atoms with Gasteiger partial charge in [-0.3, -0.25) is 4.68 Å². The van der Waals surface area contributed by atoms with E-state index in [0.29, 0.717) is 6.04 Å². The second-order valence-corrected chi connectivity index (χ2v) is 2.89. The van der Waals surface area contributed by atoms with Gasteiger partial charge in [-0.1, -0.05) is 0 Å². The molecule has 1 fully saturated rings. The van der Waals surface area contributed by atoms with Gasteiger partial charge in [-0.2, -0.15) is 5.10 Å². The summed E-state index contributed by atoms with van der Waals surface area (Å²) in [6.45, 7) is 4.21. The molecule has 0 aliphatic carbocycles. The van der Waals surface area contributed by atoms with Crippen LogP contribution in [-0.4, -0.2) is 16.3 Å². The molecule has 1 saturated heterocycles. The molecule has 0 bridgehead atoms. The molecule has 1 aromatic heterocycles. The number of nitrogens with zero attached hydrogens (tertiary/aromatic N) is 2. The highest BCUT2D eigenvalue weighted by molar-refractivity contribution is 5.08. The number of aryl methyl sites for hydroxylation is 1. The first kappa shape index (κ1) is 6.85. The first-order chi connectivity index (χ1) is 5.40. The average Bonchev–Trinajstić information content (AvgIpc) is 2.32. The van der Waals surface area contributed by atoms with E-state index in [4.69, 9.17) is 0 Å². The maximum absolute atomic E-state index is 4.40. The molecule has 1 unspecified atom stereocenters. The molecule has 3 nitrogen and oxygen atoms in total.